The van der Waals surface area contributed by atoms with Crippen LogP contribution < -0.4 is 5.73 Å². The maximum Gasteiger partial charge on any atom is 0.130 e. The molecule has 1 aromatic rings. The summed E-state index contributed by atoms with van der Waals surface area (Å²) < 4.78 is 14.6. The Kier molecular flexibility index (Phi) is 4.15. The van der Waals surface area contributed by atoms with E-state index in [9.17, 15) is 4.39 Å². The van der Waals surface area contributed by atoms with Crippen molar-refractivity contribution >= 4 is 28.3 Å². The predicted molar refractivity (Wildman–Crippen MR) is 65.7 cm³/mol. The molecule has 4 heteroatoms. The molecule has 0 bridgehead atoms. The third kappa shape index (κ3) is 2.71. The fourth-order valence-corrected chi connectivity index (χ4v) is 2.29. The second-order valence-electron chi connectivity index (χ2n) is 3.99. The Balaban J connectivity index is 0.00000112. The second kappa shape index (κ2) is 4.81. The van der Waals surface area contributed by atoms with Crippen LogP contribution in [0.3, 0.4) is 0 Å². The summed E-state index contributed by atoms with van der Waals surface area (Å²) in [6.07, 6.45) is 2.26. The standard InChI is InChI=1S/C11H13BrFN.ClH/c1-6-4-8(12)5-9(10(6)13)11(14)7-2-3-7;/h4-5,7,11H,2-3,14H2,1H3;1H/t11-;/m0./s1. The van der Waals surface area contributed by atoms with E-state index >= 15 is 0 Å². The van der Waals surface area contributed by atoms with Gasteiger partial charge in [-0.05, 0) is 43.4 Å². The average molecular weight is 295 g/mol. The van der Waals surface area contributed by atoms with Crippen molar-refractivity contribution in [3.63, 3.8) is 0 Å². The van der Waals surface area contributed by atoms with Gasteiger partial charge in [-0.15, -0.1) is 12.4 Å². The number of nitrogens with two attached hydrogens (primary N) is 1. The first-order valence-electron chi connectivity index (χ1n) is 4.80. The molecule has 1 saturated carbocycles. The molecule has 0 aromatic heterocycles. The lowest BCUT2D eigenvalue weighted by Gasteiger charge is -2.13. The fraction of sp³-hybridized carbons (Fsp3) is 0.455. The zero-order valence-electron chi connectivity index (χ0n) is 8.47. The van der Waals surface area contributed by atoms with Gasteiger partial charge >= 0.3 is 0 Å². The summed E-state index contributed by atoms with van der Waals surface area (Å²) in [4.78, 5) is 0. The molecule has 0 saturated heterocycles. The van der Waals surface area contributed by atoms with Crippen LogP contribution in [0.1, 0.15) is 30.0 Å². The van der Waals surface area contributed by atoms with E-state index in [4.69, 9.17) is 5.73 Å². The summed E-state index contributed by atoms with van der Waals surface area (Å²) in [5, 5.41) is 0. The van der Waals surface area contributed by atoms with Crippen LogP contribution in [0.2, 0.25) is 0 Å². The molecule has 0 radical (unpaired) electrons. The number of benzene rings is 1. The van der Waals surface area contributed by atoms with Gasteiger partial charge in [-0.3, -0.25) is 0 Å². The molecule has 15 heavy (non-hydrogen) atoms. The third-order valence-electron chi connectivity index (χ3n) is 2.74. The summed E-state index contributed by atoms with van der Waals surface area (Å²) in [6.45, 7) is 1.77. The second-order valence-corrected chi connectivity index (χ2v) is 4.90. The Morgan fingerprint density at radius 3 is 2.60 bits per heavy atom. The fourth-order valence-electron chi connectivity index (χ4n) is 1.70. The van der Waals surface area contributed by atoms with Gasteiger partial charge in [-0.25, -0.2) is 4.39 Å². The van der Waals surface area contributed by atoms with Gasteiger partial charge in [0.2, 0.25) is 0 Å². The van der Waals surface area contributed by atoms with Crippen molar-refractivity contribution in [1.82, 2.24) is 0 Å². The van der Waals surface area contributed by atoms with E-state index in [1.165, 1.54) is 0 Å². The highest BCUT2D eigenvalue weighted by atomic mass is 79.9. The predicted octanol–water partition coefficient (Wildman–Crippen LogP) is 3.73. The van der Waals surface area contributed by atoms with Crippen molar-refractivity contribution in [1.29, 1.82) is 0 Å². The van der Waals surface area contributed by atoms with Crippen molar-refractivity contribution in [3.8, 4) is 0 Å². The van der Waals surface area contributed by atoms with Gasteiger partial charge in [-0.1, -0.05) is 15.9 Å². The highest BCUT2D eigenvalue weighted by molar-refractivity contribution is 9.10. The van der Waals surface area contributed by atoms with E-state index in [2.05, 4.69) is 15.9 Å². The lowest BCUT2D eigenvalue weighted by atomic mass is 10.0. The van der Waals surface area contributed by atoms with Gasteiger partial charge in [-0.2, -0.15) is 0 Å². The van der Waals surface area contributed by atoms with Crippen molar-refractivity contribution in [2.24, 2.45) is 11.7 Å². The molecule has 0 aliphatic heterocycles. The maximum atomic E-state index is 13.7. The van der Waals surface area contributed by atoms with Crippen molar-refractivity contribution in [3.05, 3.63) is 33.5 Å². The maximum absolute atomic E-state index is 13.7. The molecule has 0 unspecified atom stereocenters. The molecule has 0 spiro atoms. The van der Waals surface area contributed by atoms with Crippen LogP contribution in [0.15, 0.2) is 16.6 Å². The summed E-state index contributed by atoms with van der Waals surface area (Å²) in [6, 6.07) is 3.44. The van der Waals surface area contributed by atoms with Gasteiger partial charge in [0.15, 0.2) is 0 Å². The summed E-state index contributed by atoms with van der Waals surface area (Å²) in [5.41, 5.74) is 7.29. The molecule has 1 aliphatic rings. The topological polar surface area (TPSA) is 26.0 Å². The zero-order valence-corrected chi connectivity index (χ0v) is 10.9. The molecule has 84 valence electrons. The van der Waals surface area contributed by atoms with Gasteiger partial charge in [0, 0.05) is 16.1 Å². The number of rotatable bonds is 2. The Morgan fingerprint density at radius 2 is 2.07 bits per heavy atom. The van der Waals surface area contributed by atoms with Crippen LogP contribution in [-0.4, -0.2) is 0 Å². The first kappa shape index (κ1) is 12.9. The Bertz CT molecular complexity index is 366. The number of aryl methyl sites for hydroxylation is 1. The van der Waals surface area contributed by atoms with Gasteiger partial charge in [0.05, 0.1) is 0 Å². The smallest absolute Gasteiger partial charge is 0.130 e. The quantitative estimate of drug-likeness (QED) is 0.884. The number of hydrogen-bond acceptors (Lipinski definition) is 1. The minimum Gasteiger partial charge on any atom is -0.324 e. The average Bonchev–Trinajstić information content (AvgIpc) is 2.93. The molecule has 1 aliphatic carbocycles. The Hall–Kier alpha value is -0.120. The van der Waals surface area contributed by atoms with Gasteiger partial charge in [0.25, 0.3) is 0 Å². The summed E-state index contributed by atoms with van der Waals surface area (Å²) in [5.74, 6) is 0.339. The first-order valence-corrected chi connectivity index (χ1v) is 5.60. The van der Waals surface area contributed by atoms with E-state index in [0.717, 1.165) is 17.3 Å². The number of hydrogen-bond donors (Lipinski definition) is 1. The molecule has 1 nitrogen and oxygen atoms in total. The van der Waals surface area contributed by atoms with Crippen LogP contribution in [0.4, 0.5) is 4.39 Å². The Morgan fingerprint density at radius 1 is 1.47 bits per heavy atom. The van der Waals surface area contributed by atoms with Crippen LogP contribution in [0, 0.1) is 18.7 Å². The van der Waals surface area contributed by atoms with Crippen molar-refractivity contribution < 1.29 is 4.39 Å². The molecular formula is C11H14BrClFN. The molecule has 0 amide bonds. The molecule has 1 fully saturated rings. The molecule has 1 atom stereocenters. The van der Waals surface area contributed by atoms with E-state index in [1.54, 1.807) is 19.1 Å². The highest BCUT2D eigenvalue weighted by Crippen LogP contribution is 2.41. The minimum atomic E-state index is -0.146. The molecule has 0 heterocycles. The van der Waals surface area contributed by atoms with Crippen LogP contribution in [-0.2, 0) is 0 Å². The summed E-state index contributed by atoms with van der Waals surface area (Å²) in [7, 11) is 0. The molecule has 2 N–H and O–H groups in total. The molecule has 1 aromatic carbocycles. The summed E-state index contributed by atoms with van der Waals surface area (Å²) >= 11 is 3.36. The number of halogens is 3. The largest absolute Gasteiger partial charge is 0.324 e. The van der Waals surface area contributed by atoms with E-state index < -0.39 is 0 Å². The lowest BCUT2D eigenvalue weighted by molar-refractivity contribution is 0.548. The molecule has 2 rings (SSSR count). The van der Waals surface area contributed by atoms with Gasteiger partial charge in [0.1, 0.15) is 5.82 Å². The lowest BCUT2D eigenvalue weighted by Crippen LogP contribution is -2.14. The third-order valence-corrected chi connectivity index (χ3v) is 3.19. The first-order chi connectivity index (χ1) is 6.59. The van der Waals surface area contributed by atoms with Crippen LogP contribution in [0.5, 0.6) is 0 Å². The molecular weight excluding hydrogens is 280 g/mol. The normalized spacial score (nSPS) is 17.1. The minimum absolute atomic E-state index is 0. The van der Waals surface area contributed by atoms with Crippen LogP contribution in [0.25, 0.3) is 0 Å². The van der Waals surface area contributed by atoms with Crippen molar-refractivity contribution in [2.45, 2.75) is 25.8 Å². The van der Waals surface area contributed by atoms with E-state index in [1.807, 2.05) is 0 Å². The van der Waals surface area contributed by atoms with Crippen molar-refractivity contribution in [2.75, 3.05) is 0 Å². The highest BCUT2D eigenvalue weighted by Gasteiger charge is 2.31. The zero-order chi connectivity index (χ0) is 10.3. The monoisotopic (exact) mass is 293 g/mol. The van der Waals surface area contributed by atoms with Gasteiger partial charge < -0.3 is 5.73 Å². The van der Waals surface area contributed by atoms with E-state index in [0.29, 0.717) is 17.0 Å². The van der Waals surface area contributed by atoms with Crippen LogP contribution >= 0.6 is 28.3 Å². The van der Waals surface area contributed by atoms with E-state index in [-0.39, 0.29) is 24.3 Å². The SMILES string of the molecule is Cc1cc(Br)cc([C@@H](N)C2CC2)c1F.Cl. The Labute approximate surface area is 104 Å².